The van der Waals surface area contributed by atoms with E-state index in [1.807, 2.05) is 16.8 Å². The van der Waals surface area contributed by atoms with Crippen LogP contribution < -0.4 is 4.74 Å². The highest BCUT2D eigenvalue weighted by Crippen LogP contribution is 2.16. The molecule has 5 nitrogen and oxygen atoms in total. The van der Waals surface area contributed by atoms with Crippen molar-refractivity contribution in [3.8, 4) is 5.75 Å². The van der Waals surface area contributed by atoms with Crippen molar-refractivity contribution in [1.82, 2.24) is 4.90 Å². The van der Waals surface area contributed by atoms with Crippen molar-refractivity contribution in [2.75, 3.05) is 13.7 Å². The third kappa shape index (κ3) is 5.31. The topological polar surface area (TPSA) is 55.8 Å². The fourth-order valence-electron chi connectivity index (χ4n) is 1.86. The number of hydrogen-bond donors (Lipinski definition) is 0. The third-order valence-electron chi connectivity index (χ3n) is 3.05. The number of alkyl halides is 2. The second-order valence-electron chi connectivity index (χ2n) is 4.86. The first kappa shape index (κ1) is 17.9. The lowest BCUT2D eigenvalue weighted by atomic mass is 10.2. The normalized spacial score (nSPS) is 10.5. The summed E-state index contributed by atoms with van der Waals surface area (Å²) < 4.78 is 33.5. The lowest BCUT2D eigenvalue weighted by Gasteiger charge is -2.16. The Bertz CT molecular complexity index is 691. The average Bonchev–Trinajstić information content (AvgIpc) is 3.04. The average molecular weight is 355 g/mol. The number of carbonyl (C=O) groups excluding carboxylic acids is 2. The summed E-state index contributed by atoms with van der Waals surface area (Å²) in [6, 6.07) is 7.10. The number of halogens is 2. The quantitative estimate of drug-likeness (QED) is 0.716. The Hall–Kier alpha value is -2.48. The third-order valence-corrected chi connectivity index (χ3v) is 3.78. The van der Waals surface area contributed by atoms with E-state index in [9.17, 15) is 18.4 Å². The molecule has 128 valence electrons. The van der Waals surface area contributed by atoms with Gasteiger partial charge in [-0.15, -0.1) is 0 Å². The lowest BCUT2D eigenvalue weighted by molar-refractivity contribution is -0.133. The van der Waals surface area contributed by atoms with Crippen LogP contribution in [0.2, 0.25) is 0 Å². The molecule has 0 aliphatic heterocycles. The molecule has 2 rings (SSSR count). The van der Waals surface area contributed by atoms with Gasteiger partial charge in [0.1, 0.15) is 5.75 Å². The summed E-state index contributed by atoms with van der Waals surface area (Å²) in [6.07, 6.45) is 0. The number of ether oxygens (including phenoxy) is 2. The second kappa shape index (κ2) is 8.39. The Morgan fingerprint density at radius 2 is 2.08 bits per heavy atom. The molecule has 2 aromatic rings. The summed E-state index contributed by atoms with van der Waals surface area (Å²) in [5, 5.41) is 3.83. The number of hydrogen-bond acceptors (Lipinski definition) is 5. The number of carbonyl (C=O) groups is 2. The Morgan fingerprint density at radius 3 is 2.75 bits per heavy atom. The predicted octanol–water partition coefficient (Wildman–Crippen LogP) is 3.16. The van der Waals surface area contributed by atoms with Gasteiger partial charge in [0.25, 0.3) is 5.91 Å². The number of esters is 1. The zero-order valence-electron chi connectivity index (χ0n) is 12.8. The number of rotatable bonds is 7. The van der Waals surface area contributed by atoms with E-state index in [-0.39, 0.29) is 17.2 Å². The summed E-state index contributed by atoms with van der Waals surface area (Å²) in [6.45, 7) is -3.00. The SMILES string of the molecule is CN(Cc1ccsc1)C(=O)COC(=O)c1cccc(OC(F)F)c1. The maximum atomic E-state index is 12.2. The van der Waals surface area contributed by atoms with Crippen LogP contribution in [0.1, 0.15) is 15.9 Å². The first-order valence-corrected chi connectivity index (χ1v) is 7.87. The summed E-state index contributed by atoms with van der Waals surface area (Å²) in [5.41, 5.74) is 1.01. The lowest BCUT2D eigenvalue weighted by Crippen LogP contribution is -2.30. The largest absolute Gasteiger partial charge is 0.452 e. The molecular formula is C16H15F2NO4S. The number of thiophene rings is 1. The van der Waals surface area contributed by atoms with Gasteiger partial charge >= 0.3 is 12.6 Å². The van der Waals surface area contributed by atoms with Crippen molar-refractivity contribution in [1.29, 1.82) is 0 Å². The molecular weight excluding hydrogens is 340 g/mol. The summed E-state index contributed by atoms with van der Waals surface area (Å²) in [4.78, 5) is 25.3. The van der Waals surface area contributed by atoms with E-state index >= 15 is 0 Å². The molecule has 8 heteroatoms. The van der Waals surface area contributed by atoms with E-state index in [0.29, 0.717) is 6.54 Å². The highest BCUT2D eigenvalue weighted by Gasteiger charge is 2.15. The first-order chi connectivity index (χ1) is 11.5. The summed E-state index contributed by atoms with van der Waals surface area (Å²) in [7, 11) is 1.60. The van der Waals surface area contributed by atoms with Gasteiger partial charge in [-0.25, -0.2) is 4.79 Å². The Balaban J connectivity index is 1.87. The van der Waals surface area contributed by atoms with Crippen LogP contribution in [0.5, 0.6) is 5.75 Å². The minimum atomic E-state index is -2.98. The van der Waals surface area contributed by atoms with Gasteiger partial charge in [0.05, 0.1) is 5.56 Å². The molecule has 24 heavy (non-hydrogen) atoms. The van der Waals surface area contributed by atoms with Gasteiger partial charge in [0, 0.05) is 13.6 Å². The van der Waals surface area contributed by atoms with Crippen LogP contribution in [0.15, 0.2) is 41.1 Å². The van der Waals surface area contributed by atoms with Crippen molar-refractivity contribution in [3.05, 3.63) is 52.2 Å². The molecule has 1 amide bonds. The van der Waals surface area contributed by atoms with Crippen LogP contribution in [0, 0.1) is 0 Å². The highest BCUT2D eigenvalue weighted by molar-refractivity contribution is 7.07. The number of benzene rings is 1. The fraction of sp³-hybridized carbons (Fsp3) is 0.250. The molecule has 0 saturated heterocycles. The van der Waals surface area contributed by atoms with E-state index in [4.69, 9.17) is 4.74 Å². The predicted molar refractivity (Wildman–Crippen MR) is 84.1 cm³/mol. The fourth-order valence-corrected chi connectivity index (χ4v) is 2.52. The van der Waals surface area contributed by atoms with Crippen LogP contribution in [0.25, 0.3) is 0 Å². The minimum absolute atomic E-state index is 0.0291. The van der Waals surface area contributed by atoms with Crippen LogP contribution >= 0.6 is 11.3 Å². The van der Waals surface area contributed by atoms with Crippen molar-refractivity contribution in [3.63, 3.8) is 0 Å². The van der Waals surface area contributed by atoms with Gasteiger partial charge < -0.3 is 14.4 Å². The van der Waals surface area contributed by atoms with E-state index in [0.717, 1.165) is 11.6 Å². The number of amides is 1. The molecule has 0 radical (unpaired) electrons. The second-order valence-corrected chi connectivity index (χ2v) is 5.64. The van der Waals surface area contributed by atoms with Crippen LogP contribution in [0.4, 0.5) is 8.78 Å². The van der Waals surface area contributed by atoms with E-state index < -0.39 is 19.2 Å². The Kier molecular flexibility index (Phi) is 6.25. The Labute approximate surface area is 141 Å². The van der Waals surface area contributed by atoms with Gasteiger partial charge in [-0.3, -0.25) is 4.79 Å². The molecule has 0 aliphatic rings. The molecule has 0 saturated carbocycles. The van der Waals surface area contributed by atoms with Crippen molar-refractivity contribution >= 4 is 23.2 Å². The summed E-state index contributed by atoms with van der Waals surface area (Å²) in [5.74, 6) is -1.30. The maximum Gasteiger partial charge on any atom is 0.387 e. The van der Waals surface area contributed by atoms with Crippen molar-refractivity contribution < 1.29 is 27.8 Å². The molecule has 0 aliphatic carbocycles. The molecule has 1 aromatic carbocycles. The van der Waals surface area contributed by atoms with Gasteiger partial charge in [-0.2, -0.15) is 20.1 Å². The smallest absolute Gasteiger partial charge is 0.387 e. The molecule has 0 bridgehead atoms. The maximum absolute atomic E-state index is 12.2. The highest BCUT2D eigenvalue weighted by atomic mass is 32.1. The van der Waals surface area contributed by atoms with Crippen LogP contribution in [-0.2, 0) is 16.1 Å². The van der Waals surface area contributed by atoms with E-state index in [1.165, 1.54) is 34.4 Å². The summed E-state index contributed by atoms with van der Waals surface area (Å²) >= 11 is 1.53. The van der Waals surface area contributed by atoms with Gasteiger partial charge in [0.15, 0.2) is 6.61 Å². The number of nitrogens with zero attached hydrogens (tertiary/aromatic N) is 1. The van der Waals surface area contributed by atoms with Gasteiger partial charge in [-0.1, -0.05) is 6.07 Å². The van der Waals surface area contributed by atoms with E-state index in [2.05, 4.69) is 4.74 Å². The van der Waals surface area contributed by atoms with Crippen molar-refractivity contribution in [2.45, 2.75) is 13.2 Å². The molecule has 0 spiro atoms. The first-order valence-electron chi connectivity index (χ1n) is 6.92. The van der Waals surface area contributed by atoms with Gasteiger partial charge in [0.2, 0.25) is 0 Å². The zero-order valence-corrected chi connectivity index (χ0v) is 13.6. The molecule has 0 unspecified atom stereocenters. The minimum Gasteiger partial charge on any atom is -0.452 e. The van der Waals surface area contributed by atoms with E-state index in [1.54, 1.807) is 7.05 Å². The molecule has 0 N–H and O–H groups in total. The standard InChI is InChI=1S/C16H15F2NO4S/c1-19(8-11-5-6-24-10-11)14(20)9-22-15(21)12-3-2-4-13(7-12)23-16(17)18/h2-7,10,16H,8-9H2,1H3. The monoisotopic (exact) mass is 355 g/mol. The molecule has 0 atom stereocenters. The molecule has 1 aromatic heterocycles. The van der Waals surface area contributed by atoms with Gasteiger partial charge in [-0.05, 0) is 40.6 Å². The molecule has 1 heterocycles. The van der Waals surface area contributed by atoms with Crippen LogP contribution in [0.3, 0.4) is 0 Å². The van der Waals surface area contributed by atoms with Crippen molar-refractivity contribution in [2.24, 2.45) is 0 Å². The number of likely N-dealkylation sites (N-methyl/N-ethyl adjacent to an activating group) is 1. The Morgan fingerprint density at radius 1 is 1.29 bits per heavy atom. The van der Waals surface area contributed by atoms with Crippen LogP contribution in [-0.4, -0.2) is 37.0 Å². The zero-order chi connectivity index (χ0) is 17.5. The molecule has 0 fully saturated rings.